The molecule has 1 unspecified atom stereocenters. The van der Waals surface area contributed by atoms with Gasteiger partial charge in [0, 0.05) is 8.95 Å². The summed E-state index contributed by atoms with van der Waals surface area (Å²) < 4.78 is 11.9. The number of ether oxygens (including phenoxy) is 1. The SMILES string of the molecule is CCC(Nc1c(Br)cc(Br)cc1C(=O)OC)c1ccco1. The first-order valence-electron chi connectivity index (χ1n) is 6.44. The number of anilines is 1. The van der Waals surface area contributed by atoms with E-state index in [4.69, 9.17) is 9.15 Å². The molecule has 1 aromatic carbocycles. The Morgan fingerprint density at radius 3 is 2.76 bits per heavy atom. The Morgan fingerprint density at radius 1 is 1.43 bits per heavy atom. The number of carbonyl (C=O) groups excluding carboxylic acids is 1. The first-order valence-corrected chi connectivity index (χ1v) is 8.02. The second-order valence-electron chi connectivity index (χ2n) is 4.42. The van der Waals surface area contributed by atoms with Gasteiger partial charge < -0.3 is 14.5 Å². The van der Waals surface area contributed by atoms with Crippen LogP contribution in [0.25, 0.3) is 0 Å². The molecule has 4 nitrogen and oxygen atoms in total. The molecule has 0 saturated carbocycles. The molecule has 2 aromatic rings. The first-order chi connectivity index (χ1) is 10.1. The Morgan fingerprint density at radius 2 is 2.19 bits per heavy atom. The van der Waals surface area contributed by atoms with E-state index in [-0.39, 0.29) is 6.04 Å². The monoisotopic (exact) mass is 415 g/mol. The van der Waals surface area contributed by atoms with Crippen LogP contribution in [0.4, 0.5) is 5.69 Å². The molecule has 0 spiro atoms. The zero-order valence-corrected chi connectivity index (χ0v) is 14.8. The summed E-state index contributed by atoms with van der Waals surface area (Å²) in [6.07, 6.45) is 2.45. The van der Waals surface area contributed by atoms with Crippen molar-refractivity contribution in [1.82, 2.24) is 0 Å². The van der Waals surface area contributed by atoms with Crippen LogP contribution in [0.5, 0.6) is 0 Å². The van der Waals surface area contributed by atoms with E-state index in [0.29, 0.717) is 11.3 Å². The molecule has 0 amide bonds. The highest BCUT2D eigenvalue weighted by molar-refractivity contribution is 9.11. The van der Waals surface area contributed by atoms with E-state index < -0.39 is 5.97 Å². The van der Waals surface area contributed by atoms with Crippen LogP contribution >= 0.6 is 31.9 Å². The minimum Gasteiger partial charge on any atom is -0.467 e. The van der Waals surface area contributed by atoms with Gasteiger partial charge in [0.15, 0.2) is 0 Å². The third-order valence-corrected chi connectivity index (χ3v) is 4.16. The lowest BCUT2D eigenvalue weighted by molar-refractivity contribution is 0.0601. The Kier molecular flexibility index (Phi) is 5.47. The van der Waals surface area contributed by atoms with E-state index >= 15 is 0 Å². The highest BCUT2D eigenvalue weighted by Gasteiger charge is 2.20. The lowest BCUT2D eigenvalue weighted by Gasteiger charge is -2.19. The first kappa shape index (κ1) is 16.1. The average molecular weight is 417 g/mol. The summed E-state index contributed by atoms with van der Waals surface area (Å²) in [5, 5.41) is 3.35. The van der Waals surface area contributed by atoms with E-state index in [9.17, 15) is 4.79 Å². The van der Waals surface area contributed by atoms with Gasteiger partial charge in [-0.15, -0.1) is 0 Å². The Bertz CT molecular complexity index is 626. The van der Waals surface area contributed by atoms with Gasteiger partial charge in [0.05, 0.1) is 30.7 Å². The molecule has 0 bridgehead atoms. The Balaban J connectivity index is 2.40. The van der Waals surface area contributed by atoms with Gasteiger partial charge in [0.1, 0.15) is 5.76 Å². The van der Waals surface area contributed by atoms with Gasteiger partial charge in [0.2, 0.25) is 0 Å². The number of carbonyl (C=O) groups is 1. The number of furan rings is 1. The van der Waals surface area contributed by atoms with Gasteiger partial charge in [-0.25, -0.2) is 4.79 Å². The molecule has 1 aromatic heterocycles. The average Bonchev–Trinajstić information content (AvgIpc) is 2.99. The van der Waals surface area contributed by atoms with Crippen LogP contribution in [0.15, 0.2) is 43.9 Å². The van der Waals surface area contributed by atoms with Crippen LogP contribution in [-0.2, 0) is 4.74 Å². The number of esters is 1. The van der Waals surface area contributed by atoms with E-state index in [2.05, 4.69) is 37.2 Å². The molecule has 0 aliphatic rings. The summed E-state index contributed by atoms with van der Waals surface area (Å²) in [5.41, 5.74) is 1.15. The van der Waals surface area contributed by atoms with Gasteiger partial charge in [0.25, 0.3) is 0 Å². The molecule has 0 aliphatic carbocycles. The molecule has 112 valence electrons. The topological polar surface area (TPSA) is 51.5 Å². The van der Waals surface area contributed by atoms with Crippen molar-refractivity contribution in [3.05, 3.63) is 50.8 Å². The van der Waals surface area contributed by atoms with Crippen LogP contribution < -0.4 is 5.32 Å². The number of hydrogen-bond donors (Lipinski definition) is 1. The van der Waals surface area contributed by atoms with Gasteiger partial charge in [-0.05, 0) is 46.6 Å². The number of methoxy groups -OCH3 is 1. The second kappa shape index (κ2) is 7.13. The molecule has 0 fully saturated rings. The fraction of sp³-hybridized carbons (Fsp3) is 0.267. The van der Waals surface area contributed by atoms with Crippen molar-refractivity contribution in [2.24, 2.45) is 0 Å². The fourth-order valence-corrected chi connectivity index (χ4v) is 3.37. The number of rotatable bonds is 5. The van der Waals surface area contributed by atoms with Crippen LogP contribution in [-0.4, -0.2) is 13.1 Å². The lowest BCUT2D eigenvalue weighted by atomic mass is 10.1. The number of hydrogen-bond acceptors (Lipinski definition) is 4. The normalized spacial score (nSPS) is 12.0. The summed E-state index contributed by atoms with van der Waals surface area (Å²) in [6.45, 7) is 2.05. The maximum atomic E-state index is 12.0. The largest absolute Gasteiger partial charge is 0.467 e. The third-order valence-electron chi connectivity index (χ3n) is 3.07. The summed E-state index contributed by atoms with van der Waals surface area (Å²) >= 11 is 6.87. The summed E-state index contributed by atoms with van der Waals surface area (Å²) in [7, 11) is 1.37. The molecule has 1 atom stereocenters. The van der Waals surface area contributed by atoms with Crippen molar-refractivity contribution in [1.29, 1.82) is 0 Å². The molecule has 1 N–H and O–H groups in total. The van der Waals surface area contributed by atoms with E-state index in [1.165, 1.54) is 7.11 Å². The minimum absolute atomic E-state index is 0.0270. The van der Waals surface area contributed by atoms with E-state index in [1.54, 1.807) is 12.3 Å². The fourth-order valence-electron chi connectivity index (χ4n) is 2.03. The van der Waals surface area contributed by atoms with Gasteiger partial charge in [-0.3, -0.25) is 0 Å². The Labute approximate surface area is 140 Å². The van der Waals surface area contributed by atoms with Crippen LogP contribution in [0.1, 0.15) is 35.5 Å². The maximum absolute atomic E-state index is 12.0. The number of nitrogens with one attached hydrogen (secondary N) is 1. The third kappa shape index (κ3) is 3.68. The minimum atomic E-state index is -0.395. The lowest BCUT2D eigenvalue weighted by Crippen LogP contribution is -2.14. The zero-order chi connectivity index (χ0) is 15.4. The molecule has 6 heteroatoms. The van der Waals surface area contributed by atoms with Crippen molar-refractivity contribution in [3.63, 3.8) is 0 Å². The maximum Gasteiger partial charge on any atom is 0.340 e. The molecule has 2 rings (SSSR count). The van der Waals surface area contributed by atoms with Crippen molar-refractivity contribution < 1.29 is 13.9 Å². The predicted octanol–water partition coefficient (Wildman–Crippen LogP) is 5.15. The second-order valence-corrected chi connectivity index (χ2v) is 6.19. The van der Waals surface area contributed by atoms with Crippen molar-refractivity contribution in [3.8, 4) is 0 Å². The van der Waals surface area contributed by atoms with Crippen LogP contribution in [0, 0.1) is 0 Å². The quantitative estimate of drug-likeness (QED) is 0.684. The highest BCUT2D eigenvalue weighted by Crippen LogP contribution is 2.34. The standard InChI is InChI=1S/C15H15Br2NO3/c1-3-12(13-5-4-6-21-13)18-14-10(15(19)20-2)7-9(16)8-11(14)17/h4-8,12,18H,3H2,1-2H3. The van der Waals surface area contributed by atoms with Gasteiger partial charge >= 0.3 is 5.97 Å². The van der Waals surface area contributed by atoms with E-state index in [0.717, 1.165) is 21.1 Å². The van der Waals surface area contributed by atoms with Crippen LogP contribution in [0.2, 0.25) is 0 Å². The number of halogens is 2. The molecular weight excluding hydrogens is 402 g/mol. The van der Waals surface area contributed by atoms with Crippen molar-refractivity contribution in [2.75, 3.05) is 12.4 Å². The molecule has 0 saturated heterocycles. The number of benzene rings is 1. The van der Waals surface area contributed by atoms with E-state index in [1.807, 2.05) is 25.1 Å². The van der Waals surface area contributed by atoms with Crippen LogP contribution in [0.3, 0.4) is 0 Å². The summed E-state index contributed by atoms with van der Waals surface area (Å²) in [6, 6.07) is 7.33. The smallest absolute Gasteiger partial charge is 0.340 e. The molecule has 21 heavy (non-hydrogen) atoms. The van der Waals surface area contributed by atoms with Crippen molar-refractivity contribution in [2.45, 2.75) is 19.4 Å². The highest BCUT2D eigenvalue weighted by atomic mass is 79.9. The summed E-state index contributed by atoms with van der Waals surface area (Å²) in [4.78, 5) is 12.0. The zero-order valence-electron chi connectivity index (χ0n) is 11.7. The summed E-state index contributed by atoms with van der Waals surface area (Å²) in [5.74, 6) is 0.428. The Hall–Kier alpha value is -1.27. The molecule has 0 aliphatic heterocycles. The molecule has 0 radical (unpaired) electrons. The molecular formula is C15H15Br2NO3. The molecule has 1 heterocycles. The predicted molar refractivity (Wildman–Crippen MR) is 88.5 cm³/mol. The van der Waals surface area contributed by atoms with Crippen molar-refractivity contribution >= 4 is 43.5 Å². The van der Waals surface area contributed by atoms with Gasteiger partial charge in [-0.1, -0.05) is 22.9 Å². The van der Waals surface area contributed by atoms with Gasteiger partial charge in [-0.2, -0.15) is 0 Å².